The summed E-state index contributed by atoms with van der Waals surface area (Å²) in [5.74, 6) is -0.590. The minimum Gasteiger partial charge on any atom is -0.462 e. The number of aliphatic hydroxyl groups excluding tert-OH is 1. The van der Waals surface area contributed by atoms with Crippen molar-refractivity contribution in [2.45, 2.75) is 360 Å². The molecular formula is C70H128O5. The van der Waals surface area contributed by atoms with Crippen molar-refractivity contribution in [3.8, 4) is 0 Å². The largest absolute Gasteiger partial charge is 0.462 e. The van der Waals surface area contributed by atoms with Gasteiger partial charge < -0.3 is 14.6 Å². The van der Waals surface area contributed by atoms with Crippen molar-refractivity contribution in [3.05, 3.63) is 60.8 Å². The van der Waals surface area contributed by atoms with E-state index in [0.29, 0.717) is 12.8 Å². The first-order valence-corrected chi connectivity index (χ1v) is 33.3. The van der Waals surface area contributed by atoms with Crippen molar-refractivity contribution in [1.29, 1.82) is 0 Å². The first-order valence-electron chi connectivity index (χ1n) is 33.3. The van der Waals surface area contributed by atoms with Gasteiger partial charge in [0.25, 0.3) is 0 Å². The average Bonchev–Trinajstić information content (AvgIpc) is 3.41. The van der Waals surface area contributed by atoms with E-state index < -0.39 is 6.10 Å². The monoisotopic (exact) mass is 1050 g/mol. The first-order chi connectivity index (χ1) is 37.1. The molecule has 0 amide bonds. The number of unbranched alkanes of at least 4 members (excludes halogenated alkanes) is 44. The Labute approximate surface area is 468 Å². The average molecular weight is 1050 g/mol. The van der Waals surface area contributed by atoms with Gasteiger partial charge in [-0.15, -0.1) is 0 Å². The number of carbonyl (C=O) groups excluding carboxylic acids is 2. The van der Waals surface area contributed by atoms with Crippen LogP contribution >= 0.6 is 0 Å². The van der Waals surface area contributed by atoms with E-state index in [1.165, 1.54) is 250 Å². The minimum atomic E-state index is -0.780. The van der Waals surface area contributed by atoms with Crippen molar-refractivity contribution < 1.29 is 24.2 Å². The van der Waals surface area contributed by atoms with Crippen LogP contribution in [-0.2, 0) is 19.1 Å². The summed E-state index contributed by atoms with van der Waals surface area (Å²) in [5, 5.41) is 9.68. The van der Waals surface area contributed by atoms with E-state index in [9.17, 15) is 14.7 Å². The molecule has 0 aromatic heterocycles. The number of hydrogen-bond acceptors (Lipinski definition) is 5. The van der Waals surface area contributed by atoms with E-state index in [-0.39, 0.29) is 25.2 Å². The van der Waals surface area contributed by atoms with Gasteiger partial charge in [0.15, 0.2) is 6.10 Å². The lowest BCUT2D eigenvalue weighted by molar-refractivity contribution is -0.161. The summed E-state index contributed by atoms with van der Waals surface area (Å²) in [7, 11) is 0. The highest BCUT2D eigenvalue weighted by Gasteiger charge is 2.16. The van der Waals surface area contributed by atoms with Crippen molar-refractivity contribution >= 4 is 11.9 Å². The normalized spacial score (nSPS) is 12.5. The summed E-state index contributed by atoms with van der Waals surface area (Å²) in [6, 6.07) is 0. The highest BCUT2D eigenvalue weighted by Crippen LogP contribution is 2.19. The van der Waals surface area contributed by atoms with Crippen LogP contribution in [0, 0.1) is 0 Å². The quantitative estimate of drug-likeness (QED) is 0.0373. The SMILES string of the molecule is CC/C=C\C/C=C\C/C=C\C/C=C\C/C=C\CCCCCCCCCC(=O)OC(CO)COC(=O)CCCCCCCCCCCCCCCCCCCCCCCCCCCCCCCCCCCCCCCC. The lowest BCUT2D eigenvalue weighted by Crippen LogP contribution is -2.28. The molecule has 0 aromatic rings. The van der Waals surface area contributed by atoms with Gasteiger partial charge in [-0.25, -0.2) is 0 Å². The van der Waals surface area contributed by atoms with Gasteiger partial charge in [-0.3, -0.25) is 9.59 Å². The molecule has 5 nitrogen and oxygen atoms in total. The predicted molar refractivity (Wildman–Crippen MR) is 330 cm³/mol. The van der Waals surface area contributed by atoms with Crippen LogP contribution in [0.5, 0.6) is 0 Å². The van der Waals surface area contributed by atoms with Crippen LogP contribution in [-0.4, -0.2) is 36.4 Å². The van der Waals surface area contributed by atoms with Crippen LogP contribution in [0.2, 0.25) is 0 Å². The summed E-state index contributed by atoms with van der Waals surface area (Å²) in [6.45, 7) is 4.06. The predicted octanol–water partition coefficient (Wildman–Crippen LogP) is 22.9. The van der Waals surface area contributed by atoms with Crippen LogP contribution in [0.25, 0.3) is 0 Å². The zero-order chi connectivity index (χ0) is 54.1. The lowest BCUT2D eigenvalue weighted by Gasteiger charge is -2.15. The molecule has 1 N–H and O–H groups in total. The van der Waals surface area contributed by atoms with Gasteiger partial charge in [0.05, 0.1) is 6.61 Å². The number of hydrogen-bond donors (Lipinski definition) is 1. The maximum absolute atomic E-state index is 12.3. The molecule has 0 fully saturated rings. The molecule has 5 heteroatoms. The molecule has 75 heavy (non-hydrogen) atoms. The van der Waals surface area contributed by atoms with E-state index >= 15 is 0 Å². The van der Waals surface area contributed by atoms with Gasteiger partial charge in [0.2, 0.25) is 0 Å². The lowest BCUT2D eigenvalue weighted by atomic mass is 10.0. The van der Waals surface area contributed by atoms with Crippen LogP contribution in [0.15, 0.2) is 60.8 Å². The zero-order valence-corrected chi connectivity index (χ0v) is 50.3. The molecule has 0 aromatic carbocycles. The fraction of sp³-hybridized carbons (Fsp3) is 0.829. The van der Waals surface area contributed by atoms with Gasteiger partial charge in [-0.1, -0.05) is 344 Å². The molecule has 0 bridgehead atoms. The molecule has 0 spiro atoms. The third kappa shape index (κ3) is 64.0. The Kier molecular flexibility index (Phi) is 63.8. The third-order valence-electron chi connectivity index (χ3n) is 15.1. The Balaban J connectivity index is 3.40. The molecule has 0 aliphatic rings. The van der Waals surface area contributed by atoms with E-state index in [4.69, 9.17) is 9.47 Å². The summed E-state index contributed by atoms with van der Waals surface area (Å²) >= 11 is 0. The Bertz CT molecular complexity index is 1280. The molecule has 1 unspecified atom stereocenters. The van der Waals surface area contributed by atoms with E-state index in [0.717, 1.165) is 77.0 Å². The molecule has 0 radical (unpaired) electrons. The van der Waals surface area contributed by atoms with E-state index in [2.05, 4.69) is 74.6 Å². The van der Waals surface area contributed by atoms with Gasteiger partial charge in [-0.2, -0.15) is 0 Å². The van der Waals surface area contributed by atoms with E-state index in [1.54, 1.807) is 0 Å². The third-order valence-corrected chi connectivity index (χ3v) is 15.1. The number of aliphatic hydroxyl groups is 1. The van der Waals surface area contributed by atoms with Crippen LogP contribution < -0.4 is 0 Å². The highest BCUT2D eigenvalue weighted by atomic mass is 16.6. The topological polar surface area (TPSA) is 72.8 Å². The van der Waals surface area contributed by atoms with Crippen molar-refractivity contribution in [1.82, 2.24) is 0 Å². The fourth-order valence-corrected chi connectivity index (χ4v) is 10.1. The second-order valence-corrected chi connectivity index (χ2v) is 22.5. The number of carbonyl (C=O) groups is 2. The maximum Gasteiger partial charge on any atom is 0.306 e. The summed E-state index contributed by atoms with van der Waals surface area (Å²) in [5.41, 5.74) is 0. The first kappa shape index (κ1) is 72.6. The van der Waals surface area contributed by atoms with Gasteiger partial charge in [0, 0.05) is 12.8 Å². The number of esters is 2. The molecule has 438 valence electrons. The van der Waals surface area contributed by atoms with Gasteiger partial charge in [-0.05, 0) is 57.8 Å². The van der Waals surface area contributed by atoms with Crippen LogP contribution in [0.3, 0.4) is 0 Å². The summed E-state index contributed by atoms with van der Waals surface area (Å²) in [4.78, 5) is 24.6. The van der Waals surface area contributed by atoms with Crippen molar-refractivity contribution in [2.24, 2.45) is 0 Å². The standard InChI is InChI=1S/C70H128O5/c1-3-5-7-9-11-13-15-17-19-21-23-25-27-28-29-30-31-32-33-34-35-36-37-38-39-40-41-43-44-46-48-50-52-54-56-58-60-62-64-69(72)74-67-68(66-71)75-70(73)65-63-61-59-57-55-53-51-49-47-45-42-26-24-22-20-18-16-14-12-10-8-6-4-2/h6,8,12,14,18,20,24,26,45,47,68,71H,3-5,7,9-11,13,15-17,19,21-23,25,27-44,46,48-67H2,1-2H3/b8-6-,14-12-,20-18-,26-24-,47-45-. The molecule has 0 heterocycles. The van der Waals surface area contributed by atoms with Crippen LogP contribution in [0.1, 0.15) is 354 Å². The second kappa shape index (κ2) is 65.9. The smallest absolute Gasteiger partial charge is 0.306 e. The molecule has 0 saturated heterocycles. The van der Waals surface area contributed by atoms with Gasteiger partial charge in [0.1, 0.15) is 6.61 Å². The van der Waals surface area contributed by atoms with Crippen molar-refractivity contribution in [3.63, 3.8) is 0 Å². The molecule has 0 aliphatic heterocycles. The second-order valence-electron chi connectivity index (χ2n) is 22.5. The maximum atomic E-state index is 12.3. The Morgan fingerprint density at radius 2 is 0.573 bits per heavy atom. The molecule has 0 saturated carbocycles. The molecular weight excluding hydrogens is 921 g/mol. The summed E-state index contributed by atoms with van der Waals surface area (Å²) in [6.07, 6.45) is 89.7. The Hall–Kier alpha value is -2.40. The molecule has 1 atom stereocenters. The fourth-order valence-electron chi connectivity index (χ4n) is 10.1. The van der Waals surface area contributed by atoms with E-state index in [1.807, 2.05) is 0 Å². The Morgan fingerprint density at radius 3 is 0.867 bits per heavy atom. The summed E-state index contributed by atoms with van der Waals surface area (Å²) < 4.78 is 10.7. The molecule has 0 rings (SSSR count). The molecule has 0 aliphatic carbocycles. The van der Waals surface area contributed by atoms with Crippen LogP contribution in [0.4, 0.5) is 0 Å². The number of ether oxygens (including phenoxy) is 2. The van der Waals surface area contributed by atoms with Gasteiger partial charge >= 0.3 is 11.9 Å². The minimum absolute atomic E-state index is 0.0690. The van der Waals surface area contributed by atoms with Crippen molar-refractivity contribution in [2.75, 3.05) is 13.2 Å². The number of rotatable bonds is 62. The number of allylic oxidation sites excluding steroid dienone is 10. The Morgan fingerprint density at radius 1 is 0.320 bits per heavy atom. The zero-order valence-electron chi connectivity index (χ0n) is 50.3. The highest BCUT2D eigenvalue weighted by molar-refractivity contribution is 5.70.